The van der Waals surface area contributed by atoms with Crippen LogP contribution < -0.4 is 0 Å². The van der Waals surface area contributed by atoms with Crippen molar-refractivity contribution in [1.82, 2.24) is 4.90 Å². The lowest BCUT2D eigenvalue weighted by atomic mass is 9.71. The van der Waals surface area contributed by atoms with Crippen LogP contribution in [-0.2, 0) is 17.8 Å². The SMILES string of the molecule is O=C(N1CCc2ccccc2C1)C1(F)C(F)(F)C(F)(F)C(F)(F)C(F)(F)C1(F)F. The highest BCUT2D eigenvalue weighted by atomic mass is 19.4. The second-order valence-corrected chi connectivity index (χ2v) is 6.78. The smallest absolute Gasteiger partial charge is 0.335 e. The van der Waals surface area contributed by atoms with Crippen LogP contribution in [-0.4, -0.2) is 52.6 Å². The van der Waals surface area contributed by atoms with E-state index in [9.17, 15) is 53.1 Å². The van der Waals surface area contributed by atoms with Crippen LogP contribution in [0.3, 0.4) is 0 Å². The van der Waals surface area contributed by atoms with Crippen molar-refractivity contribution in [3.63, 3.8) is 0 Å². The van der Waals surface area contributed by atoms with Gasteiger partial charge in [-0.15, -0.1) is 0 Å². The van der Waals surface area contributed by atoms with Gasteiger partial charge in [-0.2, -0.15) is 43.9 Å². The molecule has 1 aliphatic heterocycles. The van der Waals surface area contributed by atoms with Gasteiger partial charge < -0.3 is 4.90 Å². The predicted molar refractivity (Wildman–Crippen MR) is 74.1 cm³/mol. The Balaban J connectivity index is 2.14. The molecule has 2 nitrogen and oxygen atoms in total. The fraction of sp³-hybridized carbons (Fsp3) is 0.562. The summed E-state index contributed by atoms with van der Waals surface area (Å²) in [6.45, 7) is -1.61. The van der Waals surface area contributed by atoms with Crippen LogP contribution in [0.25, 0.3) is 0 Å². The molecule has 1 aromatic carbocycles. The molecule has 1 saturated carbocycles. The largest absolute Gasteiger partial charge is 0.384 e. The third-order valence-corrected chi connectivity index (χ3v) is 5.16. The van der Waals surface area contributed by atoms with Crippen LogP contribution in [0, 0.1) is 0 Å². The Kier molecular flexibility index (Phi) is 4.29. The summed E-state index contributed by atoms with van der Waals surface area (Å²) in [5.41, 5.74) is -6.02. The quantitative estimate of drug-likeness (QED) is 0.590. The van der Waals surface area contributed by atoms with E-state index in [4.69, 9.17) is 0 Å². The normalized spacial score (nSPS) is 27.8. The molecule has 1 aromatic rings. The van der Waals surface area contributed by atoms with Gasteiger partial charge in [0.2, 0.25) is 0 Å². The lowest BCUT2D eigenvalue weighted by molar-refractivity contribution is -0.477. The Bertz CT molecular complexity index is 821. The van der Waals surface area contributed by atoms with E-state index < -0.39 is 54.3 Å². The van der Waals surface area contributed by atoms with Crippen molar-refractivity contribution < 1.29 is 53.1 Å². The van der Waals surface area contributed by atoms with Crippen molar-refractivity contribution >= 4 is 5.91 Å². The summed E-state index contributed by atoms with van der Waals surface area (Å²) in [5, 5.41) is 0. The van der Waals surface area contributed by atoms with Gasteiger partial charge in [-0.1, -0.05) is 24.3 Å². The minimum absolute atomic E-state index is 0.0974. The maximum atomic E-state index is 14.8. The first kappa shape index (κ1) is 21.6. The molecule has 3 rings (SSSR count). The summed E-state index contributed by atoms with van der Waals surface area (Å²) in [6.07, 6.45) is -0.224. The maximum Gasteiger partial charge on any atom is 0.384 e. The molecule has 0 radical (unpaired) electrons. The number of fused-ring (bicyclic) bond motifs is 1. The highest BCUT2D eigenvalue weighted by Crippen LogP contribution is 2.69. The van der Waals surface area contributed by atoms with Crippen molar-refractivity contribution in [2.45, 2.75) is 48.2 Å². The lowest BCUT2D eigenvalue weighted by Gasteiger charge is -2.52. The second kappa shape index (κ2) is 5.75. The van der Waals surface area contributed by atoms with Crippen LogP contribution in [0.2, 0.25) is 0 Å². The Hall–Kier alpha value is -2.08. The lowest BCUT2D eigenvalue weighted by Crippen LogP contribution is -2.86. The zero-order chi connectivity index (χ0) is 22.3. The Morgan fingerprint density at radius 1 is 0.690 bits per heavy atom. The van der Waals surface area contributed by atoms with E-state index in [2.05, 4.69) is 0 Å². The number of carbonyl (C=O) groups is 1. The number of benzene rings is 1. The first-order valence-corrected chi connectivity index (χ1v) is 7.92. The molecule has 29 heavy (non-hydrogen) atoms. The van der Waals surface area contributed by atoms with Gasteiger partial charge >= 0.3 is 35.3 Å². The predicted octanol–water partition coefficient (Wildman–Crippen LogP) is 4.47. The van der Waals surface area contributed by atoms with Gasteiger partial charge in [0.25, 0.3) is 5.91 Å². The van der Waals surface area contributed by atoms with Gasteiger partial charge in [0.05, 0.1) is 0 Å². The Morgan fingerprint density at radius 2 is 1.10 bits per heavy atom. The first-order chi connectivity index (χ1) is 13.0. The van der Waals surface area contributed by atoms with Gasteiger partial charge in [-0.25, -0.2) is 4.39 Å². The van der Waals surface area contributed by atoms with Crippen molar-refractivity contribution in [3.8, 4) is 0 Å². The molecular weight excluding hydrogens is 431 g/mol. The third kappa shape index (κ3) is 2.21. The zero-order valence-electron chi connectivity index (χ0n) is 13.9. The Morgan fingerprint density at radius 3 is 1.59 bits per heavy atom. The number of halogens is 11. The topological polar surface area (TPSA) is 20.3 Å². The molecule has 0 atom stereocenters. The summed E-state index contributed by atoms with van der Waals surface area (Å²) in [5.74, 6) is -39.3. The van der Waals surface area contributed by atoms with Gasteiger partial charge in [0.1, 0.15) is 0 Å². The van der Waals surface area contributed by atoms with Crippen molar-refractivity contribution in [2.75, 3.05) is 6.54 Å². The number of hydrogen-bond acceptors (Lipinski definition) is 1. The van der Waals surface area contributed by atoms with Crippen molar-refractivity contribution in [2.24, 2.45) is 0 Å². The molecule has 2 aliphatic rings. The molecule has 0 N–H and O–H groups in total. The summed E-state index contributed by atoms with van der Waals surface area (Å²) in [6, 6.07) is 5.63. The first-order valence-electron chi connectivity index (χ1n) is 7.92. The van der Waals surface area contributed by atoms with Crippen molar-refractivity contribution in [3.05, 3.63) is 35.4 Å². The molecule has 0 spiro atoms. The summed E-state index contributed by atoms with van der Waals surface area (Å²) in [7, 11) is 0. The highest BCUT2D eigenvalue weighted by molar-refractivity contribution is 5.89. The highest BCUT2D eigenvalue weighted by Gasteiger charge is 3.03. The van der Waals surface area contributed by atoms with E-state index in [1.54, 1.807) is 0 Å². The minimum Gasteiger partial charge on any atom is -0.335 e. The van der Waals surface area contributed by atoms with E-state index in [0.29, 0.717) is 5.56 Å². The number of rotatable bonds is 1. The molecule has 162 valence electrons. The van der Waals surface area contributed by atoms with E-state index in [1.807, 2.05) is 0 Å². The van der Waals surface area contributed by atoms with E-state index >= 15 is 0 Å². The fourth-order valence-corrected chi connectivity index (χ4v) is 3.38. The monoisotopic (exact) mass is 441 g/mol. The molecule has 0 bridgehead atoms. The number of hydrogen-bond donors (Lipinski definition) is 0. The molecule has 1 aliphatic carbocycles. The van der Waals surface area contributed by atoms with Crippen LogP contribution in [0.4, 0.5) is 48.3 Å². The molecule has 1 heterocycles. The van der Waals surface area contributed by atoms with Gasteiger partial charge in [-0.05, 0) is 17.5 Å². The number of alkyl halides is 11. The van der Waals surface area contributed by atoms with Crippen LogP contribution >= 0.6 is 0 Å². The molecule has 1 amide bonds. The average Bonchev–Trinajstić information content (AvgIpc) is 2.64. The van der Waals surface area contributed by atoms with Gasteiger partial charge in [0, 0.05) is 13.1 Å². The summed E-state index contributed by atoms with van der Waals surface area (Å²) < 4.78 is 151. The van der Waals surface area contributed by atoms with Gasteiger partial charge in [0.15, 0.2) is 0 Å². The number of amides is 1. The number of carbonyl (C=O) groups excluding carboxylic acids is 1. The maximum absolute atomic E-state index is 14.8. The molecule has 0 aromatic heterocycles. The molecular formula is C16H10F11NO. The molecule has 13 heteroatoms. The van der Waals surface area contributed by atoms with Gasteiger partial charge in [-0.3, -0.25) is 4.79 Å². The fourth-order valence-electron chi connectivity index (χ4n) is 3.38. The van der Waals surface area contributed by atoms with Crippen LogP contribution in [0.15, 0.2) is 24.3 Å². The average molecular weight is 441 g/mol. The van der Waals surface area contributed by atoms with E-state index in [-0.39, 0.29) is 16.9 Å². The zero-order valence-corrected chi connectivity index (χ0v) is 13.9. The molecule has 1 fully saturated rings. The summed E-state index contributed by atoms with van der Waals surface area (Å²) >= 11 is 0. The number of nitrogens with zero attached hydrogens (tertiary/aromatic N) is 1. The molecule has 0 unspecified atom stereocenters. The standard InChI is InChI=1S/C16H10F11NO/c17-11(10(29)28-6-5-8-3-1-2-4-9(8)7-28)12(18,19)14(22,23)16(26,27)15(24,25)13(11,20)21/h1-4H,5-7H2. The third-order valence-electron chi connectivity index (χ3n) is 5.16. The van der Waals surface area contributed by atoms with Crippen molar-refractivity contribution in [1.29, 1.82) is 0 Å². The second-order valence-electron chi connectivity index (χ2n) is 6.78. The molecule has 0 saturated heterocycles. The van der Waals surface area contributed by atoms with Crippen LogP contribution in [0.5, 0.6) is 0 Å². The summed E-state index contributed by atoms with van der Waals surface area (Å²) in [4.78, 5) is 12.1. The van der Waals surface area contributed by atoms with E-state index in [0.717, 1.165) is 0 Å². The minimum atomic E-state index is -7.34. The van der Waals surface area contributed by atoms with E-state index in [1.165, 1.54) is 24.3 Å². The Labute approximate surface area is 155 Å². The van der Waals surface area contributed by atoms with Crippen LogP contribution in [0.1, 0.15) is 11.1 Å².